The van der Waals surface area contributed by atoms with Crippen LogP contribution in [0.2, 0.25) is 0 Å². The maximum absolute atomic E-state index is 14.5. The van der Waals surface area contributed by atoms with Gasteiger partial charge in [-0.05, 0) is 25.1 Å². The third-order valence-corrected chi connectivity index (χ3v) is 4.41. The average molecular weight is 386 g/mol. The number of Topliss-reactive ketones (excluding diaryl/α,β-unsaturated/α-hetero) is 1. The van der Waals surface area contributed by atoms with Gasteiger partial charge in [0.25, 0.3) is 11.6 Å². The van der Waals surface area contributed by atoms with E-state index in [2.05, 4.69) is 0 Å². The molecule has 1 aliphatic rings. The van der Waals surface area contributed by atoms with Crippen LogP contribution in [0, 0.1) is 21.8 Å². The molecule has 1 fully saturated rings. The molecule has 0 saturated carbocycles. The molecule has 2 aromatic rings. The molecule has 2 aromatic carbocycles. The fraction of sp³-hybridized carbons (Fsp3) is 0.211. The van der Waals surface area contributed by atoms with E-state index in [4.69, 9.17) is 4.74 Å². The second kappa shape index (κ2) is 7.55. The quantitative estimate of drug-likeness (QED) is 0.257. The number of ketones is 1. The number of hydrogen-bond donors (Lipinski definition) is 0. The molecule has 28 heavy (non-hydrogen) atoms. The Kier molecular flexibility index (Phi) is 5.16. The van der Waals surface area contributed by atoms with Gasteiger partial charge < -0.3 is 4.74 Å². The van der Waals surface area contributed by atoms with E-state index in [9.17, 15) is 28.9 Å². The topological polar surface area (TPSA) is 107 Å². The van der Waals surface area contributed by atoms with Gasteiger partial charge in [0.1, 0.15) is 11.7 Å². The normalized spacial score (nSPS) is 19.0. The van der Waals surface area contributed by atoms with E-state index in [1.807, 2.05) is 0 Å². The van der Waals surface area contributed by atoms with Crippen molar-refractivity contribution >= 4 is 29.0 Å². The average Bonchev–Trinajstić information content (AvgIpc) is 2.93. The fourth-order valence-corrected chi connectivity index (χ4v) is 3.18. The number of amides is 1. The molecule has 0 N–H and O–H groups in total. The van der Waals surface area contributed by atoms with E-state index < -0.39 is 40.4 Å². The minimum absolute atomic E-state index is 0.0155. The van der Waals surface area contributed by atoms with Crippen LogP contribution in [-0.2, 0) is 19.1 Å². The van der Waals surface area contributed by atoms with Crippen molar-refractivity contribution in [3.63, 3.8) is 0 Å². The Balaban J connectivity index is 2.14. The summed E-state index contributed by atoms with van der Waals surface area (Å²) in [7, 11) is 0. The van der Waals surface area contributed by atoms with Crippen LogP contribution in [0.5, 0.6) is 0 Å². The van der Waals surface area contributed by atoms with Crippen LogP contribution in [0.1, 0.15) is 18.5 Å². The molecule has 0 aromatic heterocycles. The van der Waals surface area contributed by atoms with Gasteiger partial charge >= 0.3 is 5.97 Å². The number of ether oxygens (including phenoxy) is 1. The van der Waals surface area contributed by atoms with Crippen LogP contribution in [0.25, 0.3) is 0 Å². The number of nitro benzene ring substituents is 1. The standard InChI is InChI=1S/C19H15FN2O6/c1-2-28-19(25)15-16(13-5-3-4-6-14(13)20)21(18(24)17(15)23)11-7-9-12(10-8-11)22(26)27/h3-10,15-16H,2H2,1H3/t15-,16-/m1/s1. The Bertz CT molecular complexity index is 959. The number of esters is 1. The lowest BCUT2D eigenvalue weighted by molar-refractivity contribution is -0.384. The zero-order valence-corrected chi connectivity index (χ0v) is 14.7. The number of carbonyl (C=O) groups excluding carboxylic acids is 3. The molecule has 0 unspecified atom stereocenters. The number of benzene rings is 2. The number of nitro groups is 1. The molecular weight excluding hydrogens is 371 g/mol. The molecule has 8 nitrogen and oxygen atoms in total. The Labute approximate surface area is 158 Å². The summed E-state index contributed by atoms with van der Waals surface area (Å²) in [5.41, 5.74) is -0.117. The molecule has 0 aliphatic carbocycles. The number of hydrogen-bond acceptors (Lipinski definition) is 6. The van der Waals surface area contributed by atoms with Gasteiger partial charge in [-0.3, -0.25) is 29.4 Å². The van der Waals surface area contributed by atoms with Gasteiger partial charge in [-0.1, -0.05) is 18.2 Å². The number of non-ortho nitro benzene ring substituents is 1. The largest absolute Gasteiger partial charge is 0.465 e. The van der Waals surface area contributed by atoms with E-state index in [-0.39, 0.29) is 23.5 Å². The summed E-state index contributed by atoms with van der Waals surface area (Å²) in [5, 5.41) is 10.9. The van der Waals surface area contributed by atoms with Crippen molar-refractivity contribution in [1.29, 1.82) is 0 Å². The van der Waals surface area contributed by atoms with E-state index in [1.165, 1.54) is 30.3 Å². The van der Waals surface area contributed by atoms with Gasteiger partial charge in [-0.15, -0.1) is 0 Å². The van der Waals surface area contributed by atoms with Crippen LogP contribution in [0.15, 0.2) is 48.5 Å². The summed E-state index contributed by atoms with van der Waals surface area (Å²) < 4.78 is 19.4. The molecule has 1 amide bonds. The SMILES string of the molecule is CCOC(=O)[C@H]1C(=O)C(=O)N(c2ccc([N+](=O)[O-])cc2)[C@@H]1c1ccccc1F. The van der Waals surface area contributed by atoms with Gasteiger partial charge in [0.15, 0.2) is 0 Å². The number of carbonyl (C=O) groups is 3. The Morgan fingerprint density at radius 2 is 1.82 bits per heavy atom. The third kappa shape index (κ3) is 3.22. The summed E-state index contributed by atoms with van der Waals surface area (Å²) in [6.07, 6.45) is 0. The van der Waals surface area contributed by atoms with E-state index in [0.717, 1.165) is 23.1 Å². The predicted octanol–water partition coefficient (Wildman–Crippen LogP) is 2.57. The highest BCUT2D eigenvalue weighted by atomic mass is 19.1. The first kappa shape index (κ1) is 19.2. The minimum Gasteiger partial charge on any atom is -0.465 e. The van der Waals surface area contributed by atoms with Gasteiger partial charge in [0, 0.05) is 23.4 Å². The lowest BCUT2D eigenvalue weighted by atomic mass is 9.92. The summed E-state index contributed by atoms with van der Waals surface area (Å²) in [6.45, 7) is 1.53. The zero-order chi connectivity index (χ0) is 20.4. The van der Waals surface area contributed by atoms with Gasteiger partial charge in [0.05, 0.1) is 17.6 Å². The van der Waals surface area contributed by atoms with Gasteiger partial charge in [0.2, 0.25) is 5.78 Å². The maximum Gasteiger partial charge on any atom is 0.319 e. The van der Waals surface area contributed by atoms with Crippen LogP contribution in [-0.4, -0.2) is 29.2 Å². The highest BCUT2D eigenvalue weighted by Crippen LogP contribution is 2.41. The molecule has 2 atom stereocenters. The van der Waals surface area contributed by atoms with E-state index in [1.54, 1.807) is 6.92 Å². The summed E-state index contributed by atoms with van der Waals surface area (Å²) >= 11 is 0. The van der Waals surface area contributed by atoms with Crippen molar-refractivity contribution in [2.75, 3.05) is 11.5 Å². The first-order valence-corrected chi connectivity index (χ1v) is 8.39. The molecule has 1 saturated heterocycles. The Morgan fingerprint density at radius 3 is 2.39 bits per heavy atom. The Hall–Kier alpha value is -3.62. The number of anilines is 1. The van der Waals surface area contributed by atoms with Crippen molar-refractivity contribution in [2.24, 2.45) is 5.92 Å². The molecule has 1 aliphatic heterocycles. The minimum atomic E-state index is -1.54. The Morgan fingerprint density at radius 1 is 1.18 bits per heavy atom. The summed E-state index contributed by atoms with van der Waals surface area (Å²) in [6, 6.07) is 9.06. The van der Waals surface area contributed by atoms with Crippen molar-refractivity contribution in [1.82, 2.24) is 0 Å². The molecule has 9 heteroatoms. The molecule has 0 bridgehead atoms. The van der Waals surface area contributed by atoms with Crippen molar-refractivity contribution < 1.29 is 28.4 Å². The lowest BCUT2D eigenvalue weighted by Gasteiger charge is -2.27. The van der Waals surface area contributed by atoms with E-state index >= 15 is 0 Å². The van der Waals surface area contributed by atoms with Crippen LogP contribution in [0.3, 0.4) is 0 Å². The molecule has 1 heterocycles. The molecule has 0 radical (unpaired) electrons. The zero-order valence-electron chi connectivity index (χ0n) is 14.7. The van der Waals surface area contributed by atoms with Crippen molar-refractivity contribution in [3.8, 4) is 0 Å². The molecule has 144 valence electrons. The van der Waals surface area contributed by atoms with Crippen LogP contribution < -0.4 is 4.90 Å². The van der Waals surface area contributed by atoms with Gasteiger partial charge in [-0.2, -0.15) is 0 Å². The molecular formula is C19H15FN2O6. The van der Waals surface area contributed by atoms with E-state index in [0.29, 0.717) is 0 Å². The van der Waals surface area contributed by atoms with Crippen molar-refractivity contribution in [2.45, 2.75) is 13.0 Å². The first-order valence-electron chi connectivity index (χ1n) is 8.39. The monoisotopic (exact) mass is 386 g/mol. The van der Waals surface area contributed by atoms with Gasteiger partial charge in [-0.25, -0.2) is 4.39 Å². The number of halogens is 1. The number of nitrogens with zero attached hydrogens (tertiary/aromatic N) is 2. The maximum atomic E-state index is 14.5. The third-order valence-electron chi connectivity index (χ3n) is 4.41. The highest BCUT2D eigenvalue weighted by Gasteiger charge is 2.53. The van der Waals surface area contributed by atoms with Crippen molar-refractivity contribution in [3.05, 3.63) is 70.0 Å². The van der Waals surface area contributed by atoms with Crippen LogP contribution in [0.4, 0.5) is 15.8 Å². The second-order valence-electron chi connectivity index (χ2n) is 6.01. The fourth-order valence-electron chi connectivity index (χ4n) is 3.18. The summed E-state index contributed by atoms with van der Waals surface area (Å²) in [4.78, 5) is 48.8. The molecule has 3 rings (SSSR count). The lowest BCUT2D eigenvalue weighted by Crippen LogP contribution is -2.31. The number of rotatable bonds is 5. The first-order chi connectivity index (χ1) is 13.4. The highest BCUT2D eigenvalue weighted by molar-refractivity contribution is 6.47. The summed E-state index contributed by atoms with van der Waals surface area (Å²) in [5.74, 6) is -5.21. The predicted molar refractivity (Wildman–Crippen MR) is 94.9 cm³/mol. The smallest absolute Gasteiger partial charge is 0.319 e. The molecule has 0 spiro atoms. The second-order valence-corrected chi connectivity index (χ2v) is 6.01. The van der Waals surface area contributed by atoms with Crippen LogP contribution >= 0.6 is 0 Å².